The van der Waals surface area contributed by atoms with E-state index in [1.165, 1.54) is 56.1 Å². The number of aliphatic hydroxyl groups excluding tert-OH is 1. The van der Waals surface area contributed by atoms with Gasteiger partial charge in [-0.3, -0.25) is 0 Å². The van der Waals surface area contributed by atoms with Crippen molar-refractivity contribution in [3.63, 3.8) is 0 Å². The maximum atomic E-state index is 11.3. The van der Waals surface area contributed by atoms with E-state index in [1.54, 1.807) is 0 Å². The van der Waals surface area contributed by atoms with Crippen LogP contribution in [0.25, 0.3) is 11.0 Å². The summed E-state index contributed by atoms with van der Waals surface area (Å²) < 4.78 is 0. The number of nitrogens with zero attached hydrogens (tertiary/aromatic N) is 2. The number of benzene rings is 1. The first-order chi connectivity index (χ1) is 12.7. The second kappa shape index (κ2) is 5.31. The topological polar surface area (TPSA) is 61.8 Å². The fraction of sp³-hybridized carbons (Fsp3) is 0.727. The van der Waals surface area contributed by atoms with E-state index in [-0.39, 0.29) is 11.5 Å². The summed E-state index contributed by atoms with van der Waals surface area (Å²) in [5.41, 5.74) is 5.22. The Hall–Kier alpha value is -1.42. The Morgan fingerprint density at radius 1 is 1.04 bits per heavy atom. The lowest BCUT2D eigenvalue weighted by atomic mass is 9.50. The van der Waals surface area contributed by atoms with Gasteiger partial charge in [0.25, 0.3) is 0 Å². The summed E-state index contributed by atoms with van der Waals surface area (Å²) in [6.45, 7) is 2.44. The maximum absolute atomic E-state index is 11.3. The molecule has 1 aromatic heterocycles. The average Bonchev–Trinajstić information content (AvgIpc) is 3.09. The molecule has 5 unspecified atom stereocenters. The molecule has 26 heavy (non-hydrogen) atoms. The molecule has 1 aromatic carbocycles. The van der Waals surface area contributed by atoms with Crippen LogP contribution in [0.2, 0.25) is 0 Å². The molecule has 0 saturated heterocycles. The van der Waals surface area contributed by atoms with E-state index in [4.69, 9.17) is 0 Å². The number of fused-ring (bicyclic) bond motifs is 7. The lowest BCUT2D eigenvalue weighted by Gasteiger charge is -2.54. The van der Waals surface area contributed by atoms with Crippen molar-refractivity contribution in [1.29, 1.82) is 0 Å². The van der Waals surface area contributed by atoms with E-state index in [2.05, 4.69) is 34.5 Å². The lowest BCUT2D eigenvalue weighted by Crippen LogP contribution is -2.50. The molecule has 4 heteroatoms. The molecule has 1 heterocycles. The van der Waals surface area contributed by atoms with Crippen molar-refractivity contribution >= 4 is 11.0 Å². The highest BCUT2D eigenvalue weighted by molar-refractivity contribution is 5.79. The minimum absolute atomic E-state index is 0.0830. The summed E-state index contributed by atoms with van der Waals surface area (Å²) in [6, 6.07) is 4.49. The van der Waals surface area contributed by atoms with Crippen LogP contribution in [0, 0.1) is 29.1 Å². The van der Waals surface area contributed by atoms with Crippen LogP contribution in [-0.4, -0.2) is 26.6 Å². The largest absolute Gasteiger partial charge is 0.392 e. The minimum atomic E-state index is -0.0830. The normalized spacial score (nSPS) is 44.2. The van der Waals surface area contributed by atoms with Gasteiger partial charge in [-0.15, -0.1) is 0 Å². The van der Waals surface area contributed by atoms with Crippen LogP contribution < -0.4 is 0 Å². The third-order valence-electron chi connectivity index (χ3n) is 8.94. The molecule has 0 radical (unpaired) electrons. The predicted molar refractivity (Wildman–Crippen MR) is 101 cm³/mol. The zero-order valence-electron chi connectivity index (χ0n) is 15.6. The first-order valence-electron chi connectivity index (χ1n) is 10.7. The summed E-state index contributed by atoms with van der Waals surface area (Å²) in [5, 5.41) is 22.9. The number of aliphatic hydroxyl groups is 1. The average molecular weight is 351 g/mol. The van der Waals surface area contributed by atoms with Crippen molar-refractivity contribution < 1.29 is 5.11 Å². The second-order valence-corrected chi connectivity index (χ2v) is 9.82. The number of hydrogen-bond acceptors (Lipinski definition) is 3. The van der Waals surface area contributed by atoms with E-state index in [9.17, 15) is 5.11 Å². The number of aryl methyl sites for hydroxylation is 1. The number of hydrogen-bond donors (Lipinski definition) is 2. The van der Waals surface area contributed by atoms with E-state index < -0.39 is 0 Å². The number of aromatic nitrogens is 3. The second-order valence-electron chi connectivity index (χ2n) is 9.82. The first-order valence-corrected chi connectivity index (χ1v) is 10.7. The van der Waals surface area contributed by atoms with Gasteiger partial charge in [-0.05, 0) is 104 Å². The molecule has 5 aliphatic carbocycles. The van der Waals surface area contributed by atoms with Crippen LogP contribution >= 0.6 is 0 Å². The van der Waals surface area contributed by atoms with Crippen LogP contribution in [0.4, 0.5) is 0 Å². The third kappa shape index (κ3) is 1.89. The number of nitrogens with one attached hydrogen (secondary N) is 1. The number of rotatable bonds is 0. The van der Waals surface area contributed by atoms with Crippen LogP contribution in [0.1, 0.15) is 68.9 Å². The molecular weight excluding hydrogens is 322 g/mol. The Labute approximate surface area is 154 Å². The van der Waals surface area contributed by atoms with Gasteiger partial charge in [0.05, 0.1) is 6.10 Å². The molecule has 0 amide bonds. The molecule has 2 aromatic rings. The molecule has 7 rings (SSSR count). The first kappa shape index (κ1) is 15.6. The van der Waals surface area contributed by atoms with Gasteiger partial charge in [0.2, 0.25) is 0 Å². The third-order valence-corrected chi connectivity index (χ3v) is 8.94. The Balaban J connectivity index is 1.46. The highest BCUT2D eigenvalue weighted by atomic mass is 16.3. The van der Waals surface area contributed by atoms with Crippen molar-refractivity contribution in [2.24, 2.45) is 29.1 Å². The molecule has 2 bridgehead atoms. The summed E-state index contributed by atoms with van der Waals surface area (Å²) in [7, 11) is 0. The van der Waals surface area contributed by atoms with Gasteiger partial charge < -0.3 is 5.11 Å². The monoisotopic (exact) mass is 351 g/mol. The Bertz CT molecular complexity index is 852. The highest BCUT2D eigenvalue weighted by Crippen LogP contribution is 2.63. The van der Waals surface area contributed by atoms with Crippen LogP contribution in [-0.2, 0) is 6.42 Å². The number of aromatic amines is 1. The zero-order chi connectivity index (χ0) is 17.5. The van der Waals surface area contributed by atoms with Gasteiger partial charge in [-0.2, -0.15) is 15.4 Å². The Kier molecular flexibility index (Phi) is 3.19. The molecule has 4 nitrogen and oxygen atoms in total. The van der Waals surface area contributed by atoms with Crippen LogP contribution in [0.5, 0.6) is 0 Å². The molecule has 4 fully saturated rings. The van der Waals surface area contributed by atoms with Gasteiger partial charge in [-0.25, -0.2) is 0 Å². The highest BCUT2D eigenvalue weighted by Gasteiger charge is 2.58. The van der Waals surface area contributed by atoms with Gasteiger partial charge >= 0.3 is 0 Å². The van der Waals surface area contributed by atoms with Crippen molar-refractivity contribution in [3.8, 4) is 0 Å². The Morgan fingerprint density at radius 2 is 1.85 bits per heavy atom. The van der Waals surface area contributed by atoms with Gasteiger partial charge in [-0.1, -0.05) is 13.0 Å². The van der Waals surface area contributed by atoms with Crippen molar-refractivity contribution in [1.82, 2.24) is 15.4 Å². The van der Waals surface area contributed by atoms with Gasteiger partial charge in [0, 0.05) is 0 Å². The molecular formula is C22H29N3O. The van der Waals surface area contributed by atoms with Gasteiger partial charge in [0.15, 0.2) is 0 Å². The number of H-pyrrole nitrogens is 1. The summed E-state index contributed by atoms with van der Waals surface area (Å²) in [5.74, 6) is 3.48. The molecule has 2 N–H and O–H groups in total. The quantitative estimate of drug-likeness (QED) is 0.748. The molecule has 0 aliphatic heterocycles. The fourth-order valence-electron chi connectivity index (χ4n) is 7.85. The standard InChI is InChI=1S/C22H29N3O/c1-22-11-10-15-14-8-9-18-20(24-25-23-18)17(14)7-6-16(15)19(22)12-2-4-13(5-3-12)21(22)26/h8-9,12-13,15-16,19,21,26H,2-7,10-11H2,1H3,(H,23,24,25). The van der Waals surface area contributed by atoms with Crippen LogP contribution in [0.3, 0.4) is 0 Å². The lowest BCUT2D eigenvalue weighted by molar-refractivity contribution is -0.0866. The summed E-state index contributed by atoms with van der Waals surface area (Å²) in [4.78, 5) is 0. The summed E-state index contributed by atoms with van der Waals surface area (Å²) >= 11 is 0. The van der Waals surface area contributed by atoms with Crippen LogP contribution in [0.15, 0.2) is 12.1 Å². The van der Waals surface area contributed by atoms with E-state index in [1.807, 2.05) is 0 Å². The zero-order valence-corrected chi connectivity index (χ0v) is 15.6. The smallest absolute Gasteiger partial charge is 0.116 e. The molecule has 5 atom stereocenters. The van der Waals surface area contributed by atoms with Crippen molar-refractivity contribution in [3.05, 3.63) is 23.3 Å². The molecule has 4 saturated carbocycles. The van der Waals surface area contributed by atoms with Crippen molar-refractivity contribution in [2.45, 2.75) is 70.3 Å². The maximum Gasteiger partial charge on any atom is 0.116 e. The molecule has 138 valence electrons. The van der Waals surface area contributed by atoms with E-state index in [0.717, 1.165) is 29.3 Å². The molecule has 5 aliphatic rings. The van der Waals surface area contributed by atoms with Gasteiger partial charge in [0.1, 0.15) is 11.0 Å². The fourth-order valence-corrected chi connectivity index (χ4v) is 7.85. The van der Waals surface area contributed by atoms with E-state index in [0.29, 0.717) is 17.8 Å². The SMILES string of the molecule is CC12CCC3c4ccc5n[nH]nc5c4CCC3C1C1CCC(CC1)C2O. The van der Waals surface area contributed by atoms with E-state index >= 15 is 0 Å². The Morgan fingerprint density at radius 3 is 2.69 bits per heavy atom. The summed E-state index contributed by atoms with van der Waals surface area (Å²) in [6.07, 6.45) is 9.92. The minimum Gasteiger partial charge on any atom is -0.392 e. The molecule has 0 spiro atoms. The van der Waals surface area contributed by atoms with Crippen molar-refractivity contribution in [2.75, 3.05) is 0 Å². The predicted octanol–water partition coefficient (Wildman–Crippen LogP) is 4.20.